The Morgan fingerprint density at radius 1 is 0.393 bits per heavy atom. The molecule has 0 aliphatic heterocycles. The van der Waals surface area contributed by atoms with Gasteiger partial charge in [-0.3, -0.25) is 4.55 Å². The van der Waals surface area contributed by atoms with E-state index >= 15 is 0 Å². The molecule has 7 aromatic carbocycles. The molecule has 0 aliphatic rings. The Bertz CT molecular complexity index is 2100. The van der Waals surface area contributed by atoms with Gasteiger partial charge in [0.15, 0.2) is 0 Å². The van der Waals surface area contributed by atoms with E-state index in [9.17, 15) is 28.2 Å². The van der Waals surface area contributed by atoms with Crippen LogP contribution in [0, 0.1) is 0 Å². The first-order valence-corrected chi connectivity index (χ1v) is 23.4. The van der Waals surface area contributed by atoms with Crippen molar-refractivity contribution in [2.45, 2.75) is 4.90 Å². The van der Waals surface area contributed by atoms with Gasteiger partial charge in [0.25, 0.3) is 10.1 Å². The molecule has 0 saturated heterocycles. The molecule has 7 nitrogen and oxygen atoms in total. The van der Waals surface area contributed by atoms with Crippen molar-refractivity contribution >= 4 is 68.4 Å². The summed E-state index contributed by atoms with van der Waals surface area (Å²) < 4.78 is 30.5. The lowest BCUT2D eigenvalue weighted by Crippen LogP contribution is -2.30. The van der Waals surface area contributed by atoms with E-state index in [0.29, 0.717) is 0 Å². The molecule has 0 aliphatic carbocycles. The van der Waals surface area contributed by atoms with Gasteiger partial charge in [-0.15, -0.1) is 0 Å². The van der Waals surface area contributed by atoms with E-state index in [4.69, 9.17) is 4.55 Å². The molecule has 10 heteroatoms. The fourth-order valence-corrected chi connectivity index (χ4v) is 13.6. The zero-order chi connectivity index (χ0) is 40.2. The van der Waals surface area contributed by atoms with Crippen LogP contribution in [-0.4, -0.2) is 38.2 Å². The number of carbonyl (C=O) groups excluding carboxylic acids is 2. The second kappa shape index (κ2) is 18.7. The fourth-order valence-electron chi connectivity index (χ4n) is 6.39. The molecule has 7 aromatic rings. The third kappa shape index (κ3) is 9.54. The van der Waals surface area contributed by atoms with E-state index in [1.54, 1.807) is 0 Å². The van der Waals surface area contributed by atoms with E-state index < -0.39 is 52.6 Å². The topological polar surface area (TPSA) is 135 Å². The summed E-state index contributed by atoms with van der Waals surface area (Å²) in [4.78, 5) is 19.8. The van der Waals surface area contributed by atoms with Crippen LogP contribution >= 0.6 is 14.5 Å². The molecular weight excluding hydrogens is 759 g/mol. The van der Waals surface area contributed by atoms with Crippen molar-refractivity contribution in [2.75, 3.05) is 13.3 Å². The predicted molar refractivity (Wildman–Crippen MR) is 227 cm³/mol. The van der Waals surface area contributed by atoms with Gasteiger partial charge >= 0.3 is 0 Å². The minimum atomic E-state index is -5.00. The third-order valence-electron chi connectivity index (χ3n) is 9.35. The molecule has 0 saturated carbocycles. The summed E-state index contributed by atoms with van der Waals surface area (Å²) >= 11 is 0. The fraction of sp³-hybridized carbons (Fsp3) is 0.0435. The van der Waals surface area contributed by atoms with Gasteiger partial charge in [0.2, 0.25) is 0 Å². The van der Waals surface area contributed by atoms with Gasteiger partial charge in [-0.1, -0.05) is 127 Å². The van der Waals surface area contributed by atoms with Gasteiger partial charge in [0.05, 0.1) is 25.3 Å². The summed E-state index contributed by atoms with van der Waals surface area (Å²) in [6.07, 6.45) is 0. The maximum atomic E-state index is 10.9. The van der Waals surface area contributed by atoms with Crippen molar-refractivity contribution < 1.29 is 32.8 Å². The molecule has 0 unspecified atom stereocenters. The summed E-state index contributed by atoms with van der Waals surface area (Å²) in [5.41, 5.74) is -1.88. The maximum Gasteiger partial charge on any atom is 0.295 e. The molecule has 56 heavy (non-hydrogen) atoms. The number of carboxylic acids is 2. The minimum Gasteiger partial charge on any atom is -0.545 e. The van der Waals surface area contributed by atoms with Crippen molar-refractivity contribution in [3.05, 3.63) is 211 Å². The summed E-state index contributed by atoms with van der Waals surface area (Å²) in [6.45, 7) is 4.82. The number of hydrogen-bond acceptors (Lipinski definition) is 6. The van der Waals surface area contributed by atoms with Crippen LogP contribution < -0.4 is 42.0 Å². The smallest absolute Gasteiger partial charge is 0.295 e. The van der Waals surface area contributed by atoms with Crippen LogP contribution in [-0.2, 0) is 10.1 Å². The van der Waals surface area contributed by atoms with Gasteiger partial charge in [0.1, 0.15) is 51.2 Å². The molecule has 0 spiro atoms. The van der Waals surface area contributed by atoms with E-state index in [2.05, 4.69) is 195 Å². The van der Waals surface area contributed by atoms with E-state index in [1.807, 2.05) is 0 Å². The van der Waals surface area contributed by atoms with E-state index in [-0.39, 0.29) is 0 Å². The molecule has 282 valence electrons. The van der Waals surface area contributed by atoms with Crippen LogP contribution in [0.1, 0.15) is 20.7 Å². The van der Waals surface area contributed by atoms with Gasteiger partial charge in [-0.05, 0) is 72.8 Å². The summed E-state index contributed by atoms with van der Waals surface area (Å²) in [6, 6.07) is 67.9. The average Bonchev–Trinajstić information content (AvgIpc) is 3.25. The number of carboxylic acid groups (broad SMARTS) is 2. The number of rotatable bonds is 9. The van der Waals surface area contributed by atoms with Gasteiger partial charge in [-0.25, -0.2) is 0 Å². The molecule has 0 atom stereocenters. The van der Waals surface area contributed by atoms with Gasteiger partial charge in [-0.2, -0.15) is 8.42 Å². The number of hydrogen-bond donors (Lipinski definition) is 1. The molecule has 7 rings (SSSR count). The third-order valence-corrected chi connectivity index (χ3v) is 18.3. The highest BCUT2D eigenvalue weighted by molar-refractivity contribution is 7.95. The van der Waals surface area contributed by atoms with Crippen molar-refractivity contribution in [2.24, 2.45) is 0 Å². The number of aromatic carboxylic acids is 2. The first-order chi connectivity index (χ1) is 26.9. The molecule has 1 N–H and O–H groups in total. The zero-order valence-corrected chi connectivity index (χ0v) is 33.4. The van der Waals surface area contributed by atoms with Crippen molar-refractivity contribution in [3.63, 3.8) is 0 Å². The average molecular weight is 799 g/mol. The van der Waals surface area contributed by atoms with Crippen LogP contribution in [0.4, 0.5) is 0 Å². The Kier molecular flexibility index (Phi) is 13.8. The van der Waals surface area contributed by atoms with Crippen molar-refractivity contribution in [1.82, 2.24) is 0 Å². The monoisotopic (exact) mass is 798 g/mol. The highest BCUT2D eigenvalue weighted by atomic mass is 32.2. The quantitative estimate of drug-likeness (QED) is 0.163. The number of carbonyl (C=O) groups is 2. The van der Waals surface area contributed by atoms with E-state index in [0.717, 1.165) is 18.2 Å². The van der Waals surface area contributed by atoms with Crippen molar-refractivity contribution in [3.8, 4) is 0 Å². The Hall–Kier alpha value is -5.75. The molecule has 0 amide bonds. The Balaban J connectivity index is 0.000000162. The highest BCUT2D eigenvalue weighted by Gasteiger charge is 2.40. The standard InChI is InChI=1S/2C19H18P.C8H6O7S/c2*1-20(17-11-5-2-6-12-17,18-13-7-3-8-14-18)19-15-9-4-10-16-19;9-7(10)4-2-1-3-5(8(11)12)6(4)16(13,14)15/h2*2-16H,1H3;1-3H,(H,9,10)(H,11,12)(H,13,14,15)/q2*+1;/p-2. The first kappa shape index (κ1) is 41.4. The lowest BCUT2D eigenvalue weighted by molar-refractivity contribution is -0.255. The maximum absolute atomic E-state index is 10.9. The Labute approximate surface area is 329 Å². The van der Waals surface area contributed by atoms with E-state index in [1.165, 1.54) is 31.8 Å². The summed E-state index contributed by atoms with van der Waals surface area (Å²) in [5, 5.41) is 29.7. The SMILES string of the molecule is C[P+](c1ccccc1)(c1ccccc1)c1ccccc1.C[P+](c1ccccc1)(c1ccccc1)c1ccccc1.O=C([O-])c1cccc(C(=O)[O-])c1S(=O)(=O)O. The Morgan fingerprint density at radius 2 is 0.589 bits per heavy atom. The molecular formula is C46H40O7P2S. The van der Waals surface area contributed by atoms with Crippen LogP contribution in [0.5, 0.6) is 0 Å². The van der Waals surface area contributed by atoms with Gasteiger partial charge in [0, 0.05) is 11.1 Å². The summed E-state index contributed by atoms with van der Waals surface area (Å²) in [5.74, 6) is -3.84. The van der Waals surface area contributed by atoms with Gasteiger partial charge < -0.3 is 19.8 Å². The van der Waals surface area contributed by atoms with Crippen LogP contribution in [0.3, 0.4) is 0 Å². The number of benzene rings is 7. The first-order valence-electron chi connectivity index (χ1n) is 17.5. The second-order valence-electron chi connectivity index (χ2n) is 12.8. The molecule has 0 radical (unpaired) electrons. The lowest BCUT2D eigenvalue weighted by Gasteiger charge is -2.22. The molecule has 0 aromatic heterocycles. The predicted octanol–water partition coefficient (Wildman–Crippen LogP) is 4.88. The summed E-state index contributed by atoms with van der Waals surface area (Å²) in [7, 11) is -8.05. The molecule has 0 bridgehead atoms. The van der Waals surface area contributed by atoms with Crippen LogP contribution in [0.25, 0.3) is 0 Å². The molecule has 0 heterocycles. The molecule has 0 fully saturated rings. The lowest BCUT2D eigenvalue weighted by atomic mass is 10.1. The normalized spacial score (nSPS) is 11.2. The minimum absolute atomic E-state index is 0.797. The highest BCUT2D eigenvalue weighted by Crippen LogP contribution is 2.52. The second-order valence-corrected chi connectivity index (χ2v) is 21.2. The Morgan fingerprint density at radius 3 is 0.750 bits per heavy atom. The zero-order valence-electron chi connectivity index (χ0n) is 30.8. The van der Waals surface area contributed by atoms with Crippen molar-refractivity contribution in [1.29, 1.82) is 0 Å². The largest absolute Gasteiger partial charge is 0.545 e. The van der Waals surface area contributed by atoms with Crippen LogP contribution in [0.2, 0.25) is 0 Å². The van der Waals surface area contributed by atoms with Crippen LogP contribution in [0.15, 0.2) is 205 Å².